The number of hydrogen-bond donors (Lipinski definition) is 0. The smallest absolute Gasteiger partial charge is 0.228 e. The van der Waals surface area contributed by atoms with E-state index >= 15 is 0 Å². The van der Waals surface area contributed by atoms with E-state index in [1.807, 2.05) is 59.5 Å². The third-order valence-corrected chi connectivity index (χ3v) is 4.25. The fraction of sp³-hybridized carbons (Fsp3) is 0.0667. The van der Waals surface area contributed by atoms with Gasteiger partial charge in [-0.25, -0.2) is 4.99 Å². The lowest BCUT2D eigenvalue weighted by Gasteiger charge is -1.99. The van der Waals surface area contributed by atoms with Gasteiger partial charge in [0.15, 0.2) is 5.82 Å². The molecule has 0 aliphatic carbocycles. The maximum Gasteiger partial charge on any atom is 0.228 e. The number of rotatable bonds is 2. The van der Waals surface area contributed by atoms with Crippen LogP contribution in [-0.4, -0.2) is 8.94 Å². The molecule has 2 aromatic carbocycles. The summed E-state index contributed by atoms with van der Waals surface area (Å²) in [4.78, 5) is 9.72. The monoisotopic (exact) mass is 335 g/mol. The summed E-state index contributed by atoms with van der Waals surface area (Å²) in [6.45, 7) is 0. The maximum atomic E-state index is 6.12. The van der Waals surface area contributed by atoms with Gasteiger partial charge in [-0.15, -0.1) is 0 Å². The van der Waals surface area contributed by atoms with Crippen LogP contribution in [0.1, 0.15) is 0 Å². The van der Waals surface area contributed by atoms with Gasteiger partial charge in [-0.1, -0.05) is 35.3 Å². The molecule has 0 saturated heterocycles. The Hall–Kier alpha value is -1.62. The Morgan fingerprint density at radius 2 is 1.76 bits per heavy atom. The van der Waals surface area contributed by atoms with Crippen molar-refractivity contribution in [3.05, 3.63) is 63.4 Å². The maximum absolute atomic E-state index is 6.12. The average molecular weight is 336 g/mol. The van der Waals surface area contributed by atoms with Gasteiger partial charge in [0.2, 0.25) is 4.80 Å². The van der Waals surface area contributed by atoms with Crippen LogP contribution in [0.15, 0.2) is 53.5 Å². The molecule has 0 amide bonds. The number of halogens is 2. The van der Waals surface area contributed by atoms with E-state index in [1.165, 1.54) is 11.5 Å². The minimum atomic E-state index is 0.614. The molecule has 3 aromatic rings. The van der Waals surface area contributed by atoms with Crippen molar-refractivity contribution in [2.45, 2.75) is 0 Å². The van der Waals surface area contributed by atoms with Crippen LogP contribution in [0, 0.1) is 0 Å². The lowest BCUT2D eigenvalue weighted by atomic mass is 10.2. The molecule has 0 spiro atoms. The number of aromatic nitrogens is 2. The molecule has 0 aliphatic heterocycles. The summed E-state index contributed by atoms with van der Waals surface area (Å²) < 4.78 is 1.97. The second kappa shape index (κ2) is 6.02. The third kappa shape index (κ3) is 3.18. The average Bonchev–Trinajstić information content (AvgIpc) is 2.83. The highest BCUT2D eigenvalue weighted by atomic mass is 35.5. The van der Waals surface area contributed by atoms with Crippen molar-refractivity contribution in [1.29, 1.82) is 0 Å². The molecule has 106 valence electrons. The molecule has 0 unspecified atom stereocenters. The van der Waals surface area contributed by atoms with E-state index in [-0.39, 0.29) is 0 Å². The molecule has 0 N–H and O–H groups in total. The minimum absolute atomic E-state index is 0.614. The van der Waals surface area contributed by atoms with Gasteiger partial charge in [-0.2, -0.15) is 4.98 Å². The zero-order chi connectivity index (χ0) is 14.8. The summed E-state index contributed by atoms with van der Waals surface area (Å²) in [5.74, 6) is 0.850. The van der Waals surface area contributed by atoms with Crippen LogP contribution in [0.3, 0.4) is 0 Å². The Kier molecular flexibility index (Phi) is 4.10. The largest absolute Gasteiger partial charge is 0.281 e. The minimum Gasteiger partial charge on any atom is -0.281 e. The van der Waals surface area contributed by atoms with E-state index in [0.29, 0.717) is 14.8 Å². The number of hydrogen-bond acceptors (Lipinski definition) is 3. The zero-order valence-electron chi connectivity index (χ0n) is 11.1. The predicted molar refractivity (Wildman–Crippen MR) is 88.2 cm³/mol. The van der Waals surface area contributed by atoms with Gasteiger partial charge in [0, 0.05) is 17.6 Å². The van der Waals surface area contributed by atoms with Crippen LogP contribution in [0.4, 0.5) is 5.69 Å². The van der Waals surface area contributed by atoms with Crippen molar-refractivity contribution in [2.24, 2.45) is 12.0 Å². The molecule has 3 nitrogen and oxygen atoms in total. The van der Waals surface area contributed by atoms with E-state index < -0.39 is 0 Å². The Morgan fingerprint density at radius 1 is 1.05 bits per heavy atom. The second-order valence-electron chi connectivity index (χ2n) is 4.38. The van der Waals surface area contributed by atoms with Crippen molar-refractivity contribution in [1.82, 2.24) is 8.94 Å². The first-order chi connectivity index (χ1) is 10.1. The second-order valence-corrected chi connectivity index (χ2v) is 6.32. The first-order valence-corrected chi connectivity index (χ1v) is 7.76. The SMILES string of the molecule is Cn1sc(=Nc2ccccc2Cl)nc1-c1ccc(Cl)cc1. The first kappa shape index (κ1) is 14.3. The van der Waals surface area contributed by atoms with Gasteiger partial charge in [0.05, 0.1) is 10.7 Å². The highest BCUT2D eigenvalue weighted by Crippen LogP contribution is 2.24. The molecule has 0 aliphatic rings. The predicted octanol–water partition coefficient (Wildman–Crippen LogP) is 4.69. The summed E-state index contributed by atoms with van der Waals surface area (Å²) in [6, 6.07) is 15.0. The fourth-order valence-electron chi connectivity index (χ4n) is 1.88. The molecule has 0 radical (unpaired) electrons. The van der Waals surface area contributed by atoms with Crippen LogP contribution in [0.2, 0.25) is 10.0 Å². The number of para-hydroxylation sites is 1. The first-order valence-electron chi connectivity index (χ1n) is 6.23. The summed E-state index contributed by atoms with van der Waals surface area (Å²) in [7, 11) is 1.95. The van der Waals surface area contributed by atoms with Gasteiger partial charge in [0.1, 0.15) is 0 Å². The van der Waals surface area contributed by atoms with Crippen LogP contribution in [0.25, 0.3) is 11.4 Å². The Bertz CT molecular complexity index is 835. The van der Waals surface area contributed by atoms with Crippen LogP contribution < -0.4 is 4.80 Å². The molecule has 0 atom stereocenters. The molecule has 0 saturated carbocycles. The number of nitrogens with zero attached hydrogens (tertiary/aromatic N) is 3. The fourth-order valence-corrected chi connectivity index (χ4v) is 2.93. The van der Waals surface area contributed by atoms with E-state index in [2.05, 4.69) is 9.98 Å². The van der Waals surface area contributed by atoms with Crippen molar-refractivity contribution < 1.29 is 0 Å². The Labute approximate surface area is 136 Å². The van der Waals surface area contributed by atoms with Gasteiger partial charge in [-0.05, 0) is 47.9 Å². The Balaban J connectivity index is 2.06. The van der Waals surface area contributed by atoms with Crippen molar-refractivity contribution >= 4 is 40.4 Å². The molecular formula is C15H11Cl2N3S. The molecule has 0 fully saturated rings. The topological polar surface area (TPSA) is 30.2 Å². The quantitative estimate of drug-likeness (QED) is 0.668. The van der Waals surface area contributed by atoms with E-state index in [1.54, 1.807) is 0 Å². The van der Waals surface area contributed by atoms with Gasteiger partial charge < -0.3 is 0 Å². The van der Waals surface area contributed by atoms with Crippen molar-refractivity contribution in [2.75, 3.05) is 0 Å². The van der Waals surface area contributed by atoms with Crippen molar-refractivity contribution in [3.8, 4) is 11.4 Å². The van der Waals surface area contributed by atoms with Crippen LogP contribution in [0.5, 0.6) is 0 Å². The van der Waals surface area contributed by atoms with E-state index in [0.717, 1.165) is 17.1 Å². The third-order valence-electron chi connectivity index (χ3n) is 2.89. The molecule has 0 bridgehead atoms. The molecular weight excluding hydrogens is 325 g/mol. The van der Waals surface area contributed by atoms with E-state index in [4.69, 9.17) is 23.2 Å². The van der Waals surface area contributed by atoms with E-state index in [9.17, 15) is 0 Å². The zero-order valence-corrected chi connectivity index (χ0v) is 13.5. The summed E-state index contributed by atoms with van der Waals surface area (Å²) in [6.07, 6.45) is 0. The number of aryl methyl sites for hydroxylation is 1. The molecule has 1 aromatic heterocycles. The highest BCUT2D eigenvalue weighted by Gasteiger charge is 2.06. The summed E-state index contributed by atoms with van der Waals surface area (Å²) >= 11 is 13.5. The lowest BCUT2D eigenvalue weighted by molar-refractivity contribution is 1.00. The van der Waals surface area contributed by atoms with Gasteiger partial charge in [-0.3, -0.25) is 3.96 Å². The summed E-state index contributed by atoms with van der Waals surface area (Å²) in [5.41, 5.74) is 1.72. The molecule has 3 rings (SSSR count). The van der Waals surface area contributed by atoms with Gasteiger partial charge in [0.25, 0.3) is 0 Å². The molecule has 21 heavy (non-hydrogen) atoms. The normalized spacial score (nSPS) is 11.9. The van der Waals surface area contributed by atoms with Crippen LogP contribution in [-0.2, 0) is 7.05 Å². The highest BCUT2D eigenvalue weighted by molar-refractivity contribution is 7.03. The lowest BCUT2D eigenvalue weighted by Crippen LogP contribution is -1.96. The molecule has 6 heteroatoms. The van der Waals surface area contributed by atoms with Crippen LogP contribution >= 0.6 is 34.7 Å². The number of benzene rings is 2. The summed E-state index contributed by atoms with van der Waals surface area (Å²) in [5, 5.41) is 1.32. The molecule has 1 heterocycles. The van der Waals surface area contributed by atoms with Crippen molar-refractivity contribution in [3.63, 3.8) is 0 Å². The standard InChI is InChI=1S/C15H11Cl2N3S/c1-20-14(10-6-8-11(16)9-7-10)19-15(21-20)18-13-5-3-2-4-12(13)17/h2-9H,1H3. The Morgan fingerprint density at radius 3 is 2.48 bits per heavy atom. The van der Waals surface area contributed by atoms with Gasteiger partial charge >= 0.3 is 0 Å².